The summed E-state index contributed by atoms with van der Waals surface area (Å²) in [5.74, 6) is -0.620. The second kappa shape index (κ2) is 8.18. The number of benzene rings is 1. The van der Waals surface area contributed by atoms with Crippen molar-refractivity contribution in [2.75, 3.05) is 6.54 Å². The van der Waals surface area contributed by atoms with Crippen molar-refractivity contribution < 1.29 is 14.4 Å². The number of nitrogens with zero attached hydrogens (tertiary/aromatic N) is 2. The second-order valence-electron chi connectivity index (χ2n) is 9.14. The lowest BCUT2D eigenvalue weighted by Crippen LogP contribution is -2.51. The largest absolute Gasteiger partial charge is 0.353 e. The van der Waals surface area contributed by atoms with Crippen LogP contribution in [0, 0.1) is 10.8 Å². The summed E-state index contributed by atoms with van der Waals surface area (Å²) in [4.78, 5) is 36.5. The molecule has 1 aliphatic heterocycles. The smallest absolute Gasteiger partial charge is 0.249 e. The zero-order valence-electron chi connectivity index (χ0n) is 18.1. The molecule has 0 saturated heterocycles. The molecule has 0 saturated carbocycles. The third-order valence-corrected chi connectivity index (χ3v) is 5.60. The summed E-state index contributed by atoms with van der Waals surface area (Å²) in [5, 5.41) is 11.9. The molecule has 0 aliphatic carbocycles. The van der Waals surface area contributed by atoms with Gasteiger partial charge in [0, 0.05) is 17.8 Å². The minimum absolute atomic E-state index is 0.150. The average Bonchev–Trinajstić information content (AvgIpc) is 2.97. The molecule has 2 rings (SSSR count). The number of hydrazone groups is 1. The Balaban J connectivity index is 2.55. The van der Waals surface area contributed by atoms with Gasteiger partial charge >= 0.3 is 0 Å². The summed E-state index contributed by atoms with van der Waals surface area (Å²) in [6.07, 6.45) is 0. The summed E-state index contributed by atoms with van der Waals surface area (Å²) >= 11 is 1.26. The Labute approximate surface area is 176 Å². The number of amidine groups is 1. The van der Waals surface area contributed by atoms with Crippen molar-refractivity contribution in [3.8, 4) is 0 Å². The summed E-state index contributed by atoms with van der Waals surface area (Å²) in [5.41, 5.74) is -0.512. The molecule has 1 aromatic rings. The highest BCUT2D eigenvalue weighted by atomic mass is 32.2. The molecule has 1 aliphatic rings. The first-order valence-corrected chi connectivity index (χ1v) is 10.3. The van der Waals surface area contributed by atoms with Gasteiger partial charge in [-0.3, -0.25) is 14.4 Å². The van der Waals surface area contributed by atoms with Crippen molar-refractivity contribution in [3.63, 3.8) is 0 Å². The van der Waals surface area contributed by atoms with E-state index < -0.39 is 15.7 Å². The maximum Gasteiger partial charge on any atom is 0.249 e. The van der Waals surface area contributed by atoms with Gasteiger partial charge in [0.2, 0.25) is 17.7 Å². The van der Waals surface area contributed by atoms with Gasteiger partial charge in [0.25, 0.3) is 0 Å². The van der Waals surface area contributed by atoms with E-state index in [0.29, 0.717) is 5.17 Å². The van der Waals surface area contributed by atoms with E-state index >= 15 is 0 Å². The molecule has 3 amide bonds. The number of thioether (sulfide) groups is 1. The van der Waals surface area contributed by atoms with Crippen molar-refractivity contribution in [3.05, 3.63) is 35.9 Å². The highest BCUT2D eigenvalue weighted by Gasteiger charge is 2.51. The molecule has 29 heavy (non-hydrogen) atoms. The SMILES string of the molecule is CC(=O)NCC1(c2ccccc2)SC(NC(=O)C(C)(C)C)=NN1C(=O)C(C)(C)C. The molecule has 1 heterocycles. The van der Waals surface area contributed by atoms with Gasteiger partial charge in [-0.1, -0.05) is 71.9 Å². The van der Waals surface area contributed by atoms with E-state index in [1.54, 1.807) is 0 Å². The van der Waals surface area contributed by atoms with Crippen molar-refractivity contribution >= 4 is 34.7 Å². The monoisotopic (exact) mass is 418 g/mol. The van der Waals surface area contributed by atoms with Crippen molar-refractivity contribution in [2.45, 2.75) is 53.3 Å². The summed E-state index contributed by atoms with van der Waals surface area (Å²) in [6.45, 7) is 12.4. The highest BCUT2D eigenvalue weighted by Crippen LogP contribution is 2.46. The predicted octanol–water partition coefficient (Wildman–Crippen LogP) is 3.03. The molecule has 0 radical (unpaired) electrons. The first kappa shape index (κ1) is 22.9. The molecule has 1 unspecified atom stereocenters. The third kappa shape index (κ3) is 5.18. The normalized spacial score (nSPS) is 19.6. The number of carbonyl (C=O) groups excluding carboxylic acids is 3. The van der Waals surface area contributed by atoms with Crippen LogP contribution < -0.4 is 10.6 Å². The van der Waals surface area contributed by atoms with Crippen molar-refractivity contribution in [1.82, 2.24) is 15.6 Å². The quantitative estimate of drug-likeness (QED) is 0.789. The number of hydrogen-bond donors (Lipinski definition) is 2. The van der Waals surface area contributed by atoms with E-state index in [0.717, 1.165) is 5.56 Å². The van der Waals surface area contributed by atoms with Crippen LogP contribution in [0.15, 0.2) is 35.4 Å². The molecule has 0 bridgehead atoms. The fourth-order valence-electron chi connectivity index (χ4n) is 2.59. The van der Waals surface area contributed by atoms with Gasteiger partial charge in [0.15, 0.2) is 10.0 Å². The van der Waals surface area contributed by atoms with Crippen LogP contribution in [0.5, 0.6) is 0 Å². The average molecular weight is 419 g/mol. The van der Waals surface area contributed by atoms with E-state index in [1.807, 2.05) is 71.9 Å². The minimum Gasteiger partial charge on any atom is -0.353 e. The minimum atomic E-state index is -1.00. The van der Waals surface area contributed by atoms with Gasteiger partial charge < -0.3 is 10.6 Å². The Kier molecular flexibility index (Phi) is 6.47. The number of nitrogens with one attached hydrogen (secondary N) is 2. The van der Waals surface area contributed by atoms with Gasteiger partial charge in [-0.2, -0.15) is 0 Å². The first-order valence-electron chi connectivity index (χ1n) is 9.51. The van der Waals surface area contributed by atoms with Crippen molar-refractivity contribution in [2.24, 2.45) is 15.9 Å². The van der Waals surface area contributed by atoms with Crippen molar-refractivity contribution in [1.29, 1.82) is 0 Å². The molecule has 2 N–H and O–H groups in total. The zero-order chi connectivity index (χ0) is 22.0. The first-order chi connectivity index (χ1) is 13.3. The van der Waals surface area contributed by atoms with Crippen LogP contribution in [0.2, 0.25) is 0 Å². The zero-order valence-corrected chi connectivity index (χ0v) is 18.9. The van der Waals surface area contributed by atoms with Crippen LogP contribution in [0.25, 0.3) is 0 Å². The van der Waals surface area contributed by atoms with E-state index in [2.05, 4.69) is 15.7 Å². The summed E-state index contributed by atoms with van der Waals surface area (Å²) in [7, 11) is 0. The molecule has 0 aromatic heterocycles. The summed E-state index contributed by atoms with van der Waals surface area (Å²) in [6, 6.07) is 9.41. The van der Waals surface area contributed by atoms with Crippen LogP contribution in [0.3, 0.4) is 0 Å². The van der Waals surface area contributed by atoms with E-state index in [-0.39, 0.29) is 24.3 Å². The Hall–Kier alpha value is -2.35. The molecule has 1 aromatic carbocycles. The molecular formula is C21H30N4O3S. The Bertz CT molecular complexity index is 825. The maximum absolute atomic E-state index is 13.3. The van der Waals surface area contributed by atoms with Gasteiger partial charge in [-0.25, -0.2) is 5.01 Å². The Morgan fingerprint density at radius 3 is 2.10 bits per heavy atom. The van der Waals surface area contributed by atoms with Gasteiger partial charge in [0.05, 0.1) is 6.54 Å². The van der Waals surface area contributed by atoms with E-state index in [9.17, 15) is 14.4 Å². The molecule has 0 fully saturated rings. The standard InChI is InChI=1S/C21H30N4O3S/c1-14(26)22-13-21(15-11-9-8-10-12-15)25(17(28)20(5,6)7)24-18(29-21)23-16(27)19(2,3)4/h8-12H,13H2,1-7H3,(H,22,26)(H,23,24,27). The van der Waals surface area contributed by atoms with Crippen LogP contribution in [-0.2, 0) is 19.3 Å². The van der Waals surface area contributed by atoms with Gasteiger partial charge in [-0.05, 0) is 17.3 Å². The fraction of sp³-hybridized carbons (Fsp3) is 0.524. The molecule has 158 valence electrons. The highest BCUT2D eigenvalue weighted by molar-refractivity contribution is 8.14. The summed E-state index contributed by atoms with van der Waals surface area (Å²) < 4.78 is 0. The topological polar surface area (TPSA) is 90.9 Å². The molecule has 7 nitrogen and oxygen atoms in total. The Morgan fingerprint density at radius 1 is 1.03 bits per heavy atom. The van der Waals surface area contributed by atoms with E-state index in [4.69, 9.17) is 0 Å². The predicted molar refractivity (Wildman–Crippen MR) is 116 cm³/mol. The fourth-order valence-corrected chi connectivity index (χ4v) is 3.79. The maximum atomic E-state index is 13.3. The van der Waals surface area contributed by atoms with Gasteiger partial charge in [0.1, 0.15) is 0 Å². The molecular weight excluding hydrogens is 388 g/mol. The van der Waals surface area contributed by atoms with Gasteiger partial charge in [-0.15, -0.1) is 5.10 Å². The van der Waals surface area contributed by atoms with Crippen LogP contribution in [0.1, 0.15) is 54.0 Å². The van der Waals surface area contributed by atoms with Crippen LogP contribution >= 0.6 is 11.8 Å². The number of carbonyl (C=O) groups is 3. The van der Waals surface area contributed by atoms with Crippen LogP contribution in [-0.4, -0.2) is 34.4 Å². The lowest BCUT2D eigenvalue weighted by Gasteiger charge is -2.38. The third-order valence-electron chi connectivity index (χ3n) is 4.34. The second-order valence-corrected chi connectivity index (χ2v) is 10.4. The number of amides is 3. The lowest BCUT2D eigenvalue weighted by atomic mass is 9.93. The molecule has 0 spiro atoms. The lowest BCUT2D eigenvalue weighted by molar-refractivity contribution is -0.143. The number of rotatable bonds is 3. The Morgan fingerprint density at radius 2 is 1.62 bits per heavy atom. The number of hydrogen-bond acceptors (Lipinski definition) is 5. The van der Waals surface area contributed by atoms with E-state index in [1.165, 1.54) is 23.7 Å². The molecule has 1 atom stereocenters. The molecule has 8 heteroatoms. The van der Waals surface area contributed by atoms with Crippen LogP contribution in [0.4, 0.5) is 0 Å².